The van der Waals surface area contributed by atoms with E-state index in [1.165, 1.54) is 0 Å². The van der Waals surface area contributed by atoms with Crippen LogP contribution in [0.15, 0.2) is 4.34 Å². The van der Waals surface area contributed by atoms with Crippen molar-refractivity contribution in [2.24, 2.45) is 5.73 Å². The Bertz CT molecular complexity index is 408. The maximum atomic E-state index is 11.3. The van der Waals surface area contributed by atoms with Crippen molar-refractivity contribution in [3.05, 3.63) is 0 Å². The second kappa shape index (κ2) is 7.66. The van der Waals surface area contributed by atoms with Gasteiger partial charge in [0.15, 0.2) is 4.34 Å². The van der Waals surface area contributed by atoms with E-state index >= 15 is 0 Å². The van der Waals surface area contributed by atoms with Gasteiger partial charge >= 0.3 is 0 Å². The Labute approximate surface area is 122 Å². The summed E-state index contributed by atoms with van der Waals surface area (Å²) in [7, 11) is 3.87. The summed E-state index contributed by atoms with van der Waals surface area (Å²) >= 11 is 3.15. The highest BCUT2D eigenvalue weighted by Gasteiger charge is 2.16. The molecule has 19 heavy (non-hydrogen) atoms. The highest BCUT2D eigenvalue weighted by molar-refractivity contribution is 8.01. The Kier molecular flexibility index (Phi) is 6.53. The highest BCUT2D eigenvalue weighted by Crippen LogP contribution is 2.27. The molecule has 0 fully saturated rings. The van der Waals surface area contributed by atoms with Crippen LogP contribution in [-0.2, 0) is 4.79 Å². The lowest BCUT2D eigenvalue weighted by Gasteiger charge is -2.17. The van der Waals surface area contributed by atoms with Gasteiger partial charge in [0.1, 0.15) is 0 Å². The Morgan fingerprint density at radius 3 is 2.63 bits per heavy atom. The summed E-state index contributed by atoms with van der Waals surface area (Å²) in [6.07, 6.45) is 0.690. The molecule has 0 spiro atoms. The summed E-state index contributed by atoms with van der Waals surface area (Å²) in [6, 6.07) is -0.0434. The van der Waals surface area contributed by atoms with Crippen molar-refractivity contribution in [2.75, 3.05) is 24.7 Å². The fraction of sp³-hybridized carbons (Fsp3) is 0.727. The minimum absolute atomic E-state index is 0.240. The van der Waals surface area contributed by atoms with E-state index < -0.39 is 0 Å². The number of hydrogen-bond donors (Lipinski definition) is 2. The monoisotopic (exact) mass is 303 g/mol. The van der Waals surface area contributed by atoms with Gasteiger partial charge in [0.05, 0.1) is 6.04 Å². The van der Waals surface area contributed by atoms with Crippen molar-refractivity contribution in [1.82, 2.24) is 15.5 Å². The highest BCUT2D eigenvalue weighted by atomic mass is 32.2. The van der Waals surface area contributed by atoms with E-state index in [1.807, 2.05) is 32.8 Å². The summed E-state index contributed by atoms with van der Waals surface area (Å²) in [4.78, 5) is 13.2. The first-order chi connectivity index (χ1) is 8.90. The molecule has 6 nitrogen and oxygen atoms in total. The zero-order valence-corrected chi connectivity index (χ0v) is 13.3. The van der Waals surface area contributed by atoms with Gasteiger partial charge in [-0.05, 0) is 6.42 Å². The molecular weight excluding hydrogens is 282 g/mol. The molecule has 1 heterocycles. The molecule has 8 heteroatoms. The normalized spacial score (nSPS) is 12.7. The molecule has 0 bridgehead atoms. The van der Waals surface area contributed by atoms with E-state index in [2.05, 4.69) is 15.5 Å². The van der Waals surface area contributed by atoms with Crippen molar-refractivity contribution in [1.29, 1.82) is 0 Å². The van der Waals surface area contributed by atoms with Gasteiger partial charge in [-0.2, -0.15) is 0 Å². The molecule has 0 aliphatic heterocycles. The average molecular weight is 303 g/mol. The lowest BCUT2D eigenvalue weighted by Crippen LogP contribution is -2.44. The van der Waals surface area contributed by atoms with Crippen LogP contribution >= 0.6 is 23.1 Å². The first-order valence-corrected chi connectivity index (χ1v) is 7.89. The average Bonchev–Trinajstić information content (AvgIpc) is 2.75. The van der Waals surface area contributed by atoms with E-state index in [-0.39, 0.29) is 18.0 Å². The van der Waals surface area contributed by atoms with Crippen molar-refractivity contribution in [3.8, 4) is 0 Å². The smallest absolute Gasteiger partial charge is 0.234 e. The zero-order valence-electron chi connectivity index (χ0n) is 11.7. The molecule has 0 radical (unpaired) electrons. The number of aromatic nitrogens is 2. The van der Waals surface area contributed by atoms with Crippen LogP contribution in [0, 0.1) is 0 Å². The third-order valence-corrected chi connectivity index (χ3v) is 4.55. The first-order valence-electron chi connectivity index (χ1n) is 6.09. The van der Waals surface area contributed by atoms with Gasteiger partial charge in [-0.3, -0.25) is 4.79 Å². The zero-order chi connectivity index (χ0) is 14.4. The van der Waals surface area contributed by atoms with Crippen molar-refractivity contribution in [2.45, 2.75) is 36.7 Å². The lowest BCUT2D eigenvalue weighted by atomic mass is 10.2. The van der Waals surface area contributed by atoms with Crippen LogP contribution in [0.1, 0.15) is 20.3 Å². The Morgan fingerprint density at radius 1 is 1.47 bits per heavy atom. The number of hydrogen-bond acceptors (Lipinski definition) is 7. The molecule has 0 aromatic carbocycles. The summed E-state index contributed by atoms with van der Waals surface area (Å²) in [6.45, 7) is 3.99. The Morgan fingerprint density at radius 2 is 2.16 bits per heavy atom. The molecule has 1 rings (SSSR count). The van der Waals surface area contributed by atoms with Gasteiger partial charge in [0.25, 0.3) is 0 Å². The maximum absolute atomic E-state index is 11.3. The van der Waals surface area contributed by atoms with Gasteiger partial charge in [-0.1, -0.05) is 36.9 Å². The minimum Gasteiger partial charge on any atom is -0.368 e. The number of nitrogens with two attached hydrogens (primary N) is 1. The molecule has 0 aliphatic rings. The lowest BCUT2D eigenvalue weighted by molar-refractivity contribution is -0.120. The fourth-order valence-electron chi connectivity index (χ4n) is 1.42. The fourth-order valence-corrected chi connectivity index (χ4v) is 3.25. The molecule has 0 saturated heterocycles. The van der Waals surface area contributed by atoms with Crippen LogP contribution in [0.25, 0.3) is 0 Å². The predicted molar refractivity (Wildman–Crippen MR) is 80.8 cm³/mol. The Balaban J connectivity index is 2.40. The predicted octanol–water partition coefficient (Wildman–Crippen LogP) is 0.938. The second-order valence-electron chi connectivity index (χ2n) is 4.66. The number of nitrogens with zero attached hydrogens (tertiary/aromatic N) is 3. The summed E-state index contributed by atoms with van der Waals surface area (Å²) < 4.78 is 0.913. The molecule has 1 atom stereocenters. The largest absolute Gasteiger partial charge is 0.368 e. The molecule has 108 valence electrons. The van der Waals surface area contributed by atoms with Gasteiger partial charge in [-0.15, -0.1) is 10.2 Å². The number of carbonyl (C=O) groups is 1. The van der Waals surface area contributed by atoms with Gasteiger partial charge < -0.3 is 16.0 Å². The van der Waals surface area contributed by atoms with Crippen LogP contribution in [0.3, 0.4) is 0 Å². The Hall–Kier alpha value is -0.860. The van der Waals surface area contributed by atoms with Crippen LogP contribution in [0.4, 0.5) is 5.13 Å². The minimum atomic E-state index is -0.305. The van der Waals surface area contributed by atoms with Crippen LogP contribution < -0.4 is 16.0 Å². The number of anilines is 1. The first kappa shape index (κ1) is 16.2. The van der Waals surface area contributed by atoms with Gasteiger partial charge in [0, 0.05) is 25.9 Å². The van der Waals surface area contributed by atoms with Crippen LogP contribution in [-0.4, -0.2) is 48.0 Å². The molecule has 1 unspecified atom stereocenters. The van der Waals surface area contributed by atoms with Crippen molar-refractivity contribution >= 4 is 34.1 Å². The van der Waals surface area contributed by atoms with E-state index in [9.17, 15) is 4.79 Å². The standard InChI is InChI=1S/C11H21N5OS2/c1-7(2)13-8(9(12)17)5-6-18-11-15-14-10(19-11)16(3)4/h7-8,13H,5-6H2,1-4H3,(H2,12,17). The van der Waals surface area contributed by atoms with Crippen LogP contribution in [0.2, 0.25) is 0 Å². The van der Waals surface area contributed by atoms with E-state index in [0.29, 0.717) is 6.42 Å². The quantitative estimate of drug-likeness (QED) is 0.695. The molecule has 0 aliphatic carbocycles. The third kappa shape index (κ3) is 5.75. The number of rotatable bonds is 8. The summed E-state index contributed by atoms with van der Waals surface area (Å²) in [5.41, 5.74) is 5.37. The van der Waals surface area contributed by atoms with Gasteiger partial charge in [0.2, 0.25) is 11.0 Å². The maximum Gasteiger partial charge on any atom is 0.234 e. The van der Waals surface area contributed by atoms with Crippen molar-refractivity contribution < 1.29 is 4.79 Å². The van der Waals surface area contributed by atoms with E-state index in [1.54, 1.807) is 23.1 Å². The number of nitrogens with one attached hydrogen (secondary N) is 1. The molecule has 3 N–H and O–H groups in total. The number of carbonyl (C=O) groups excluding carboxylic acids is 1. The second-order valence-corrected chi connectivity index (χ2v) is 6.96. The molecule has 0 saturated carbocycles. The molecule has 1 amide bonds. The molecule has 1 aromatic heterocycles. The van der Waals surface area contributed by atoms with E-state index in [0.717, 1.165) is 15.2 Å². The summed E-state index contributed by atoms with van der Waals surface area (Å²) in [5.74, 6) is 0.482. The number of thioether (sulfide) groups is 1. The summed E-state index contributed by atoms with van der Waals surface area (Å²) in [5, 5.41) is 12.2. The number of primary amides is 1. The van der Waals surface area contributed by atoms with Crippen molar-refractivity contribution in [3.63, 3.8) is 0 Å². The van der Waals surface area contributed by atoms with Gasteiger partial charge in [-0.25, -0.2) is 0 Å². The SMILES string of the molecule is CC(C)NC(CCSc1nnc(N(C)C)s1)C(N)=O. The molecule has 1 aromatic rings. The van der Waals surface area contributed by atoms with E-state index in [4.69, 9.17) is 5.73 Å². The number of amides is 1. The third-order valence-electron chi connectivity index (χ3n) is 2.29. The molecular formula is C11H21N5OS2. The van der Waals surface area contributed by atoms with Crippen LogP contribution in [0.5, 0.6) is 0 Å². The topological polar surface area (TPSA) is 84.1 Å².